The molecule has 2 aromatic rings. The molecule has 1 aliphatic rings. The number of hydrogen-bond acceptors (Lipinski definition) is 6. The first-order valence-corrected chi connectivity index (χ1v) is 9.37. The molecule has 4 N–H and O–H groups in total. The number of ether oxygens (including phenoxy) is 2. The Bertz CT molecular complexity index is 835. The van der Waals surface area contributed by atoms with Crippen molar-refractivity contribution in [1.29, 1.82) is 0 Å². The van der Waals surface area contributed by atoms with Crippen LogP contribution < -0.4 is 4.74 Å². The van der Waals surface area contributed by atoms with Gasteiger partial charge in [0, 0.05) is 5.02 Å². The number of aliphatic hydroxyl groups is 4. The summed E-state index contributed by atoms with van der Waals surface area (Å²) >= 11 is 6.34. The molecular formula is C21H23ClO6. The summed E-state index contributed by atoms with van der Waals surface area (Å²) < 4.78 is 10.9. The van der Waals surface area contributed by atoms with Crippen molar-refractivity contribution in [1.82, 2.24) is 0 Å². The summed E-state index contributed by atoms with van der Waals surface area (Å²) in [5, 5.41) is 40.0. The smallest absolute Gasteiger partial charge is 0.162 e. The predicted octanol–water partition coefficient (Wildman–Crippen LogP) is 2.88. The van der Waals surface area contributed by atoms with E-state index in [4.69, 9.17) is 21.1 Å². The Morgan fingerprint density at radius 3 is 2.43 bits per heavy atom. The van der Waals surface area contributed by atoms with Crippen molar-refractivity contribution in [3.05, 3.63) is 76.2 Å². The molecule has 6 nitrogen and oxygen atoms in total. The van der Waals surface area contributed by atoms with Gasteiger partial charge in [0.2, 0.25) is 0 Å². The molecule has 0 radical (unpaired) electrons. The summed E-state index contributed by atoms with van der Waals surface area (Å²) in [5.74, 6) is 0.589. The van der Waals surface area contributed by atoms with Gasteiger partial charge in [-0.05, 0) is 48.2 Å². The van der Waals surface area contributed by atoms with Gasteiger partial charge in [-0.3, -0.25) is 0 Å². The lowest BCUT2D eigenvalue weighted by atomic mass is 9.91. The molecule has 0 aliphatic carbocycles. The van der Waals surface area contributed by atoms with Crippen LogP contribution in [-0.4, -0.2) is 45.3 Å². The minimum Gasteiger partial charge on any atom is -0.512 e. The highest BCUT2D eigenvalue weighted by Crippen LogP contribution is 2.35. The van der Waals surface area contributed by atoms with Gasteiger partial charge in [-0.1, -0.05) is 35.9 Å². The van der Waals surface area contributed by atoms with Crippen LogP contribution in [-0.2, 0) is 11.2 Å². The molecule has 2 aromatic carbocycles. The first-order chi connectivity index (χ1) is 13.4. The Kier molecular flexibility index (Phi) is 6.46. The van der Waals surface area contributed by atoms with E-state index in [2.05, 4.69) is 0 Å². The fourth-order valence-electron chi connectivity index (χ4n) is 3.19. The van der Waals surface area contributed by atoms with Crippen LogP contribution in [0.5, 0.6) is 5.75 Å². The van der Waals surface area contributed by atoms with Crippen molar-refractivity contribution < 1.29 is 29.9 Å². The molecule has 150 valence electrons. The summed E-state index contributed by atoms with van der Waals surface area (Å²) in [6.45, 7) is 2.52. The lowest BCUT2D eigenvalue weighted by Gasteiger charge is -2.37. The van der Waals surface area contributed by atoms with E-state index in [1.165, 1.54) is 0 Å². The van der Waals surface area contributed by atoms with Crippen LogP contribution in [0.4, 0.5) is 0 Å². The molecule has 4 atom stereocenters. The van der Waals surface area contributed by atoms with Crippen LogP contribution in [0.2, 0.25) is 5.02 Å². The molecule has 0 amide bonds. The Morgan fingerprint density at radius 1 is 1.07 bits per heavy atom. The first kappa shape index (κ1) is 20.5. The van der Waals surface area contributed by atoms with Crippen LogP contribution in [0, 0.1) is 0 Å². The number of hydrogen-bond donors (Lipinski definition) is 4. The van der Waals surface area contributed by atoms with Gasteiger partial charge in [-0.25, -0.2) is 0 Å². The Labute approximate surface area is 168 Å². The van der Waals surface area contributed by atoms with E-state index in [9.17, 15) is 20.4 Å². The molecular weight excluding hydrogens is 384 g/mol. The first-order valence-electron chi connectivity index (χ1n) is 8.99. The summed E-state index contributed by atoms with van der Waals surface area (Å²) in [6.07, 6.45) is -4.15. The SMILES string of the molecule is CCOc1ccc(Cc2cc(C3O/C(=C/O)[C@@H](O)[C@H](O)[C@H]3O)ccc2Cl)cc1. The second-order valence-corrected chi connectivity index (χ2v) is 7.01. The average Bonchev–Trinajstić information content (AvgIpc) is 2.70. The summed E-state index contributed by atoms with van der Waals surface area (Å²) in [4.78, 5) is 0. The van der Waals surface area contributed by atoms with Crippen LogP contribution in [0.1, 0.15) is 29.7 Å². The monoisotopic (exact) mass is 406 g/mol. The van der Waals surface area contributed by atoms with E-state index >= 15 is 0 Å². The highest BCUT2D eigenvalue weighted by molar-refractivity contribution is 6.31. The largest absolute Gasteiger partial charge is 0.512 e. The van der Waals surface area contributed by atoms with E-state index in [1.807, 2.05) is 31.2 Å². The van der Waals surface area contributed by atoms with Gasteiger partial charge in [0.25, 0.3) is 0 Å². The van der Waals surface area contributed by atoms with E-state index in [-0.39, 0.29) is 5.76 Å². The fraction of sp³-hybridized carbons (Fsp3) is 0.333. The Hall–Kier alpha value is -2.25. The van der Waals surface area contributed by atoms with Crippen LogP contribution >= 0.6 is 11.6 Å². The Balaban J connectivity index is 1.84. The number of benzene rings is 2. The van der Waals surface area contributed by atoms with Crippen molar-refractivity contribution in [2.75, 3.05) is 6.61 Å². The number of rotatable bonds is 5. The van der Waals surface area contributed by atoms with Crippen molar-refractivity contribution in [3.63, 3.8) is 0 Å². The predicted molar refractivity (Wildman–Crippen MR) is 104 cm³/mol. The zero-order chi connectivity index (χ0) is 20.3. The topological polar surface area (TPSA) is 99.4 Å². The molecule has 1 heterocycles. The van der Waals surface area contributed by atoms with Gasteiger partial charge >= 0.3 is 0 Å². The zero-order valence-electron chi connectivity index (χ0n) is 15.3. The Morgan fingerprint density at radius 2 is 1.79 bits per heavy atom. The van der Waals surface area contributed by atoms with Crippen LogP contribution in [0.15, 0.2) is 54.5 Å². The molecule has 0 spiro atoms. The van der Waals surface area contributed by atoms with Crippen molar-refractivity contribution in [2.45, 2.75) is 37.8 Å². The third-order valence-electron chi connectivity index (χ3n) is 4.69. The quantitative estimate of drug-likeness (QED) is 0.570. The van der Waals surface area contributed by atoms with Crippen molar-refractivity contribution in [3.8, 4) is 5.75 Å². The number of aliphatic hydroxyl groups excluding tert-OH is 4. The summed E-state index contributed by atoms with van der Waals surface area (Å²) in [5.41, 5.74) is 2.41. The molecule has 0 aromatic heterocycles. The molecule has 28 heavy (non-hydrogen) atoms. The van der Waals surface area contributed by atoms with Gasteiger partial charge in [-0.15, -0.1) is 0 Å². The van der Waals surface area contributed by atoms with E-state index in [0.29, 0.717) is 29.9 Å². The second-order valence-electron chi connectivity index (χ2n) is 6.60. The normalized spacial score (nSPS) is 26.1. The third-order valence-corrected chi connectivity index (χ3v) is 5.06. The molecule has 3 rings (SSSR count). The van der Waals surface area contributed by atoms with Gasteiger partial charge in [0.1, 0.15) is 30.3 Å². The zero-order valence-corrected chi connectivity index (χ0v) is 16.1. The lowest BCUT2D eigenvalue weighted by molar-refractivity contribution is -0.159. The molecule has 1 unspecified atom stereocenters. The molecule has 0 bridgehead atoms. The molecule has 1 aliphatic heterocycles. The maximum absolute atomic E-state index is 10.3. The van der Waals surface area contributed by atoms with Gasteiger partial charge in [0.05, 0.1) is 6.61 Å². The minimum atomic E-state index is -1.49. The highest BCUT2D eigenvalue weighted by Gasteiger charge is 2.42. The van der Waals surface area contributed by atoms with Gasteiger partial charge < -0.3 is 29.9 Å². The maximum atomic E-state index is 10.3. The van der Waals surface area contributed by atoms with Gasteiger partial charge in [-0.2, -0.15) is 0 Å². The third kappa shape index (κ3) is 4.25. The fourth-order valence-corrected chi connectivity index (χ4v) is 3.37. The molecule has 0 saturated carbocycles. The lowest BCUT2D eigenvalue weighted by Crippen LogP contribution is -2.47. The molecule has 1 fully saturated rings. The van der Waals surface area contributed by atoms with Crippen molar-refractivity contribution in [2.24, 2.45) is 0 Å². The maximum Gasteiger partial charge on any atom is 0.162 e. The van der Waals surface area contributed by atoms with E-state index < -0.39 is 24.4 Å². The highest BCUT2D eigenvalue weighted by atomic mass is 35.5. The van der Waals surface area contributed by atoms with Gasteiger partial charge in [0.15, 0.2) is 11.9 Å². The minimum absolute atomic E-state index is 0.203. The standard InChI is InChI=1S/C21H23ClO6/c1-2-27-15-6-3-12(4-7-15)9-14-10-13(5-8-16(14)22)21-20(26)19(25)18(24)17(11-23)28-21/h3-8,10-11,18-21,23-26H,2,9H2,1H3/b17-11+/t18-,19+,20-,21?/m1/s1. The number of halogens is 1. The average molecular weight is 407 g/mol. The summed E-state index contributed by atoms with van der Waals surface area (Å²) in [6, 6.07) is 12.8. The van der Waals surface area contributed by atoms with Crippen LogP contribution in [0.3, 0.4) is 0 Å². The van der Waals surface area contributed by atoms with Crippen LogP contribution in [0.25, 0.3) is 0 Å². The van der Waals surface area contributed by atoms with E-state index in [1.54, 1.807) is 18.2 Å². The summed E-state index contributed by atoms with van der Waals surface area (Å²) in [7, 11) is 0. The van der Waals surface area contributed by atoms with Crippen molar-refractivity contribution >= 4 is 11.6 Å². The second kappa shape index (κ2) is 8.84. The molecule has 7 heteroatoms. The molecule has 1 saturated heterocycles. The van der Waals surface area contributed by atoms with E-state index in [0.717, 1.165) is 16.9 Å².